The first-order valence-corrected chi connectivity index (χ1v) is 7.40. The Kier molecular flexibility index (Phi) is 2.72. The fourth-order valence-corrected chi connectivity index (χ4v) is 3.19. The third kappa shape index (κ3) is 2.00. The molecule has 1 saturated carbocycles. The average molecular weight is 285 g/mol. The topological polar surface area (TPSA) is 69.3 Å². The van der Waals surface area contributed by atoms with Gasteiger partial charge in [-0.3, -0.25) is 4.79 Å². The van der Waals surface area contributed by atoms with E-state index in [0.29, 0.717) is 36.4 Å². The van der Waals surface area contributed by atoms with Crippen LogP contribution in [0.4, 0.5) is 11.4 Å². The minimum atomic E-state index is 0.00576. The number of nitrogen functional groups attached to an aromatic ring is 1. The number of hydrogen-bond acceptors (Lipinski definition) is 4. The second kappa shape index (κ2) is 4.49. The molecule has 2 aromatic rings. The summed E-state index contributed by atoms with van der Waals surface area (Å²) >= 11 is 0. The van der Waals surface area contributed by atoms with Gasteiger partial charge < -0.3 is 20.4 Å². The Morgan fingerprint density at radius 1 is 1.38 bits per heavy atom. The second-order valence-corrected chi connectivity index (χ2v) is 6.10. The van der Waals surface area contributed by atoms with Gasteiger partial charge in [0.15, 0.2) is 0 Å². The molecule has 4 rings (SSSR count). The molecular weight excluding hydrogens is 266 g/mol. The molecule has 0 spiro atoms. The van der Waals surface area contributed by atoms with E-state index in [1.807, 2.05) is 18.2 Å². The van der Waals surface area contributed by atoms with Crippen molar-refractivity contribution in [2.45, 2.75) is 25.5 Å². The molecule has 0 bridgehead atoms. The number of rotatable bonds is 1. The van der Waals surface area contributed by atoms with Gasteiger partial charge in [-0.25, -0.2) is 0 Å². The summed E-state index contributed by atoms with van der Waals surface area (Å²) in [6.07, 6.45) is 2.47. The minimum absolute atomic E-state index is 0.00576. The number of hydrogen-bond donors (Lipinski definition) is 2. The molecule has 5 heteroatoms. The van der Waals surface area contributed by atoms with Crippen LogP contribution in [-0.2, 0) is 18.4 Å². The highest BCUT2D eigenvalue weighted by Gasteiger charge is 2.34. The summed E-state index contributed by atoms with van der Waals surface area (Å²) in [5, 5.41) is 4.57. The molecular formula is C16H19N3O2. The lowest BCUT2D eigenvalue weighted by atomic mass is 10.1. The summed E-state index contributed by atoms with van der Waals surface area (Å²) in [5.74, 6) is 0.663. The average Bonchev–Trinajstić information content (AvgIpc) is 3.29. The van der Waals surface area contributed by atoms with Crippen LogP contribution < -0.4 is 16.6 Å². The number of aromatic nitrogens is 1. The highest BCUT2D eigenvalue weighted by atomic mass is 16.5. The van der Waals surface area contributed by atoms with Crippen LogP contribution in [0.2, 0.25) is 0 Å². The molecule has 1 aromatic carbocycles. The Morgan fingerprint density at radius 2 is 2.19 bits per heavy atom. The third-order valence-corrected chi connectivity index (χ3v) is 4.58. The van der Waals surface area contributed by atoms with Gasteiger partial charge in [-0.15, -0.1) is 0 Å². The maximum Gasteiger partial charge on any atom is 0.258 e. The van der Waals surface area contributed by atoms with E-state index in [1.54, 1.807) is 11.6 Å². The van der Waals surface area contributed by atoms with Gasteiger partial charge in [0.2, 0.25) is 0 Å². The van der Waals surface area contributed by atoms with Crippen molar-refractivity contribution in [3.63, 3.8) is 0 Å². The third-order valence-electron chi connectivity index (χ3n) is 4.58. The fraction of sp³-hybridized carbons (Fsp3) is 0.438. The zero-order valence-corrected chi connectivity index (χ0v) is 12.1. The van der Waals surface area contributed by atoms with E-state index >= 15 is 0 Å². The van der Waals surface area contributed by atoms with Crippen molar-refractivity contribution in [2.24, 2.45) is 13.0 Å². The van der Waals surface area contributed by atoms with Gasteiger partial charge in [0.25, 0.3) is 5.56 Å². The van der Waals surface area contributed by atoms with Gasteiger partial charge in [0, 0.05) is 18.1 Å². The zero-order chi connectivity index (χ0) is 14.6. The van der Waals surface area contributed by atoms with Crippen LogP contribution in [0.1, 0.15) is 18.4 Å². The lowest BCUT2D eigenvalue weighted by Gasteiger charge is -2.19. The molecule has 0 amide bonds. The van der Waals surface area contributed by atoms with E-state index in [1.165, 1.54) is 12.8 Å². The van der Waals surface area contributed by atoms with E-state index in [2.05, 4.69) is 5.32 Å². The molecule has 0 saturated heterocycles. The quantitative estimate of drug-likeness (QED) is 0.784. The van der Waals surface area contributed by atoms with Crippen molar-refractivity contribution in [3.05, 3.63) is 34.1 Å². The number of aryl methyl sites for hydroxylation is 1. The molecule has 21 heavy (non-hydrogen) atoms. The second-order valence-electron chi connectivity index (χ2n) is 6.10. The Labute approximate surface area is 122 Å². The number of benzene rings is 1. The Morgan fingerprint density at radius 3 is 2.95 bits per heavy atom. The smallest absolute Gasteiger partial charge is 0.258 e. The minimum Gasteiger partial charge on any atom is -0.399 e. The number of ether oxygens (including phenoxy) is 1. The maximum absolute atomic E-state index is 12.6. The standard InChI is InChI=1S/C16H19N3O2/c1-19-14-5-4-10(17)6-11(14)15-12(16(19)20)7-21-8-13(18-15)9-2-3-9/h4-6,9,13,18H,2-3,7-8,17H2,1H3. The summed E-state index contributed by atoms with van der Waals surface area (Å²) in [5.41, 5.74) is 9.18. The molecule has 5 nitrogen and oxygen atoms in total. The van der Waals surface area contributed by atoms with Gasteiger partial charge in [-0.1, -0.05) is 0 Å². The van der Waals surface area contributed by atoms with Crippen molar-refractivity contribution < 1.29 is 4.74 Å². The Balaban J connectivity index is 1.98. The maximum atomic E-state index is 12.6. The summed E-state index contributed by atoms with van der Waals surface area (Å²) in [7, 11) is 1.80. The number of anilines is 2. The van der Waals surface area contributed by atoms with Crippen LogP contribution in [0.5, 0.6) is 0 Å². The normalized spacial score (nSPS) is 21.7. The van der Waals surface area contributed by atoms with Crippen LogP contribution in [0.3, 0.4) is 0 Å². The van der Waals surface area contributed by atoms with E-state index in [9.17, 15) is 4.79 Å². The molecule has 1 aliphatic heterocycles. The predicted molar refractivity (Wildman–Crippen MR) is 83.4 cm³/mol. The highest BCUT2D eigenvalue weighted by Crippen LogP contribution is 2.38. The van der Waals surface area contributed by atoms with Gasteiger partial charge in [-0.05, 0) is 37.0 Å². The van der Waals surface area contributed by atoms with Crippen LogP contribution >= 0.6 is 0 Å². The Hall–Kier alpha value is -2.01. The first-order chi connectivity index (χ1) is 10.1. The summed E-state index contributed by atoms with van der Waals surface area (Å²) in [6, 6.07) is 5.98. The largest absolute Gasteiger partial charge is 0.399 e. The highest BCUT2D eigenvalue weighted by molar-refractivity contribution is 5.95. The summed E-state index contributed by atoms with van der Waals surface area (Å²) in [6.45, 7) is 1.02. The molecule has 1 aromatic heterocycles. The molecule has 1 unspecified atom stereocenters. The van der Waals surface area contributed by atoms with Gasteiger partial charge in [0.05, 0.1) is 36.0 Å². The van der Waals surface area contributed by atoms with Crippen LogP contribution in [0.25, 0.3) is 10.9 Å². The lowest BCUT2D eigenvalue weighted by molar-refractivity contribution is 0.112. The van der Waals surface area contributed by atoms with Crippen molar-refractivity contribution in [1.82, 2.24) is 4.57 Å². The van der Waals surface area contributed by atoms with Crippen molar-refractivity contribution in [1.29, 1.82) is 0 Å². The van der Waals surface area contributed by atoms with E-state index < -0.39 is 0 Å². The van der Waals surface area contributed by atoms with Gasteiger partial charge >= 0.3 is 0 Å². The molecule has 2 aliphatic rings. The molecule has 1 fully saturated rings. The SMILES string of the molecule is Cn1c(=O)c2c(c3cc(N)ccc31)NC(C1CC1)COC2. The van der Waals surface area contributed by atoms with E-state index in [4.69, 9.17) is 10.5 Å². The monoisotopic (exact) mass is 285 g/mol. The molecule has 1 atom stereocenters. The number of nitrogens with two attached hydrogens (primary N) is 1. The predicted octanol–water partition coefficient (Wildman–Crippen LogP) is 1.84. The van der Waals surface area contributed by atoms with Crippen LogP contribution in [-0.4, -0.2) is 17.2 Å². The summed E-state index contributed by atoms with van der Waals surface area (Å²) in [4.78, 5) is 12.6. The first kappa shape index (κ1) is 12.7. The molecule has 0 radical (unpaired) electrons. The van der Waals surface area contributed by atoms with Crippen molar-refractivity contribution >= 4 is 22.3 Å². The number of pyridine rings is 1. The molecule has 1 aliphatic carbocycles. The van der Waals surface area contributed by atoms with Crippen molar-refractivity contribution in [2.75, 3.05) is 17.7 Å². The number of nitrogens with one attached hydrogen (secondary N) is 1. The zero-order valence-electron chi connectivity index (χ0n) is 12.1. The lowest BCUT2D eigenvalue weighted by Crippen LogP contribution is -2.27. The van der Waals surface area contributed by atoms with Gasteiger partial charge in [0.1, 0.15) is 0 Å². The number of nitrogens with zero attached hydrogens (tertiary/aromatic N) is 1. The van der Waals surface area contributed by atoms with E-state index in [0.717, 1.165) is 16.6 Å². The Bertz CT molecular complexity index is 777. The van der Waals surface area contributed by atoms with Gasteiger partial charge in [-0.2, -0.15) is 0 Å². The molecule has 2 heterocycles. The van der Waals surface area contributed by atoms with E-state index in [-0.39, 0.29) is 5.56 Å². The van der Waals surface area contributed by atoms with Crippen molar-refractivity contribution in [3.8, 4) is 0 Å². The first-order valence-electron chi connectivity index (χ1n) is 7.40. The number of fused-ring (bicyclic) bond motifs is 3. The molecule has 110 valence electrons. The molecule has 3 N–H and O–H groups in total. The fourth-order valence-electron chi connectivity index (χ4n) is 3.19. The summed E-state index contributed by atoms with van der Waals surface area (Å²) < 4.78 is 7.42. The van der Waals surface area contributed by atoms with Crippen LogP contribution in [0.15, 0.2) is 23.0 Å². The van der Waals surface area contributed by atoms with Crippen LogP contribution in [0, 0.1) is 5.92 Å².